The summed E-state index contributed by atoms with van der Waals surface area (Å²) in [5, 5.41) is 0. The Hall–Kier alpha value is -0.823. The second-order valence-corrected chi connectivity index (χ2v) is 6.47. The molecule has 1 atom stereocenters. The molecular weight excluding hydrogens is 294 g/mol. The first-order valence-corrected chi connectivity index (χ1v) is 8.34. The third kappa shape index (κ3) is 7.13. The highest BCUT2D eigenvalue weighted by molar-refractivity contribution is 6.36. The first-order valence-electron chi connectivity index (χ1n) is 7.12. The zero-order valence-electron chi connectivity index (χ0n) is 12.8. The van der Waals surface area contributed by atoms with Crippen molar-refractivity contribution in [1.29, 1.82) is 0 Å². The molecule has 0 fully saturated rings. The third-order valence-electron chi connectivity index (χ3n) is 3.20. The molecule has 1 aromatic rings. The minimum Gasteiger partial charge on any atom is -0.375 e. The van der Waals surface area contributed by atoms with Crippen LogP contribution in [0.2, 0.25) is 0 Å². The van der Waals surface area contributed by atoms with Crippen LogP contribution in [0.5, 0.6) is 0 Å². The minimum absolute atomic E-state index is 0.0846. The van der Waals surface area contributed by atoms with Crippen LogP contribution in [-0.4, -0.2) is 29.9 Å². The second-order valence-electron chi connectivity index (χ2n) is 4.92. The van der Waals surface area contributed by atoms with Gasteiger partial charge >= 0.3 is 9.53 Å². The summed E-state index contributed by atoms with van der Waals surface area (Å²) in [7, 11) is 1.54. The quantitative estimate of drug-likeness (QED) is 0.486. The van der Waals surface area contributed by atoms with Gasteiger partial charge in [-0.15, -0.1) is 0 Å². The van der Waals surface area contributed by atoms with Crippen LogP contribution in [0.1, 0.15) is 38.2 Å². The van der Waals surface area contributed by atoms with E-state index in [0.29, 0.717) is 12.0 Å². The summed E-state index contributed by atoms with van der Waals surface area (Å²) in [4.78, 5) is 0. The van der Waals surface area contributed by atoms with Crippen LogP contribution in [0.3, 0.4) is 0 Å². The summed E-state index contributed by atoms with van der Waals surface area (Å²) < 4.78 is 41.9. The highest BCUT2D eigenvalue weighted by atomic mass is 28.3. The summed E-state index contributed by atoms with van der Waals surface area (Å²) in [5.41, 5.74) is 0.574. The highest BCUT2D eigenvalue weighted by Crippen LogP contribution is 2.14. The number of halogens is 2. The molecule has 0 heterocycles. The molecule has 1 rings (SSSR count). The van der Waals surface area contributed by atoms with Crippen molar-refractivity contribution < 1.29 is 22.1 Å². The molecular formula is C15H23F2O3Si. The lowest BCUT2D eigenvalue weighted by atomic mass is 10.0. The SMILES string of the molecule is CO[Si](OC)OC(C)CCCCCc1ccc(F)cc1F. The highest BCUT2D eigenvalue weighted by Gasteiger charge is 2.18. The molecule has 6 heteroatoms. The van der Waals surface area contributed by atoms with Gasteiger partial charge in [-0.2, -0.15) is 0 Å². The van der Waals surface area contributed by atoms with Crippen LogP contribution in [0.25, 0.3) is 0 Å². The van der Waals surface area contributed by atoms with Gasteiger partial charge in [0.2, 0.25) is 0 Å². The summed E-state index contributed by atoms with van der Waals surface area (Å²) in [5.74, 6) is -0.991. The number of unbranched alkanes of at least 4 members (excludes halogenated alkanes) is 2. The van der Waals surface area contributed by atoms with Gasteiger partial charge in [-0.3, -0.25) is 0 Å². The lowest BCUT2D eigenvalue weighted by molar-refractivity contribution is 0.0893. The van der Waals surface area contributed by atoms with E-state index in [1.165, 1.54) is 12.1 Å². The van der Waals surface area contributed by atoms with Gasteiger partial charge in [0.05, 0.1) is 0 Å². The second kappa shape index (κ2) is 10.00. The topological polar surface area (TPSA) is 27.7 Å². The average molecular weight is 317 g/mol. The Labute approximate surface area is 127 Å². The Morgan fingerprint density at radius 3 is 2.43 bits per heavy atom. The lowest BCUT2D eigenvalue weighted by Crippen LogP contribution is -2.28. The Morgan fingerprint density at radius 1 is 1.10 bits per heavy atom. The van der Waals surface area contributed by atoms with Gasteiger partial charge in [0.25, 0.3) is 0 Å². The Bertz CT molecular complexity index is 414. The van der Waals surface area contributed by atoms with Crippen molar-refractivity contribution in [1.82, 2.24) is 0 Å². The molecule has 0 saturated carbocycles. The minimum atomic E-state index is -1.60. The van der Waals surface area contributed by atoms with E-state index < -0.39 is 21.2 Å². The van der Waals surface area contributed by atoms with E-state index in [2.05, 4.69) is 0 Å². The fourth-order valence-corrected chi connectivity index (χ4v) is 2.86. The summed E-state index contributed by atoms with van der Waals surface area (Å²) in [6, 6.07) is 3.75. The van der Waals surface area contributed by atoms with Gasteiger partial charge in [0.15, 0.2) is 0 Å². The van der Waals surface area contributed by atoms with Crippen molar-refractivity contribution in [3.8, 4) is 0 Å². The van der Waals surface area contributed by atoms with Gasteiger partial charge in [0, 0.05) is 26.4 Å². The molecule has 0 aliphatic carbocycles. The lowest BCUT2D eigenvalue weighted by Gasteiger charge is -2.16. The third-order valence-corrected chi connectivity index (χ3v) is 4.46. The number of hydrogen-bond donors (Lipinski definition) is 0. The first-order chi connectivity index (χ1) is 10.1. The number of rotatable bonds is 10. The molecule has 0 N–H and O–H groups in total. The van der Waals surface area contributed by atoms with E-state index in [9.17, 15) is 8.78 Å². The molecule has 1 radical (unpaired) electrons. The van der Waals surface area contributed by atoms with Gasteiger partial charge in [-0.1, -0.05) is 18.9 Å². The van der Waals surface area contributed by atoms with E-state index in [1.54, 1.807) is 14.2 Å². The van der Waals surface area contributed by atoms with Crippen molar-refractivity contribution in [3.63, 3.8) is 0 Å². The van der Waals surface area contributed by atoms with Crippen molar-refractivity contribution >= 4 is 9.53 Å². The Kier molecular flexibility index (Phi) is 8.68. The molecule has 0 amide bonds. The number of aryl methyl sites for hydroxylation is 1. The summed E-state index contributed by atoms with van der Waals surface area (Å²) in [6.45, 7) is 1.99. The van der Waals surface area contributed by atoms with Crippen molar-refractivity contribution in [2.24, 2.45) is 0 Å². The zero-order chi connectivity index (χ0) is 15.7. The summed E-state index contributed by atoms with van der Waals surface area (Å²) in [6.07, 6.45) is 4.47. The largest absolute Gasteiger partial charge is 0.577 e. The van der Waals surface area contributed by atoms with E-state index in [4.69, 9.17) is 13.3 Å². The van der Waals surface area contributed by atoms with Crippen molar-refractivity contribution in [3.05, 3.63) is 35.4 Å². The Balaban J connectivity index is 2.16. The van der Waals surface area contributed by atoms with Crippen molar-refractivity contribution in [2.45, 2.75) is 45.1 Å². The maximum absolute atomic E-state index is 13.4. The molecule has 21 heavy (non-hydrogen) atoms. The predicted octanol–water partition coefficient (Wildman–Crippen LogP) is 3.75. The molecule has 1 aromatic carbocycles. The van der Waals surface area contributed by atoms with Gasteiger partial charge in [-0.25, -0.2) is 8.78 Å². The average Bonchev–Trinajstić information content (AvgIpc) is 2.46. The van der Waals surface area contributed by atoms with Crippen LogP contribution in [0.15, 0.2) is 18.2 Å². The normalized spacial score (nSPS) is 12.9. The van der Waals surface area contributed by atoms with E-state index in [1.807, 2.05) is 6.92 Å². The van der Waals surface area contributed by atoms with Gasteiger partial charge in [0.1, 0.15) is 11.6 Å². The zero-order valence-corrected chi connectivity index (χ0v) is 13.8. The molecule has 0 saturated heterocycles. The van der Waals surface area contributed by atoms with Crippen LogP contribution in [0, 0.1) is 11.6 Å². The Morgan fingerprint density at radius 2 is 1.81 bits per heavy atom. The summed E-state index contributed by atoms with van der Waals surface area (Å²) >= 11 is 0. The van der Waals surface area contributed by atoms with Crippen LogP contribution < -0.4 is 0 Å². The standard InChI is InChI=1S/C15H23F2O3Si/c1-12(20-21(18-2)19-3)7-5-4-6-8-13-9-10-14(16)11-15(13)17/h9-12H,4-8H2,1-3H3. The molecule has 0 bridgehead atoms. The molecule has 119 valence electrons. The monoisotopic (exact) mass is 317 g/mol. The van der Waals surface area contributed by atoms with Crippen LogP contribution in [-0.2, 0) is 19.7 Å². The first kappa shape index (κ1) is 18.2. The van der Waals surface area contributed by atoms with Gasteiger partial charge in [-0.05, 0) is 37.8 Å². The van der Waals surface area contributed by atoms with Gasteiger partial charge < -0.3 is 13.3 Å². The van der Waals surface area contributed by atoms with E-state index in [-0.39, 0.29) is 6.10 Å². The fourth-order valence-electron chi connectivity index (χ4n) is 2.05. The van der Waals surface area contributed by atoms with Crippen molar-refractivity contribution in [2.75, 3.05) is 14.2 Å². The van der Waals surface area contributed by atoms with E-state index in [0.717, 1.165) is 31.7 Å². The molecule has 0 aromatic heterocycles. The number of hydrogen-bond acceptors (Lipinski definition) is 3. The van der Waals surface area contributed by atoms with Crippen LogP contribution >= 0.6 is 0 Å². The van der Waals surface area contributed by atoms with E-state index >= 15 is 0 Å². The molecule has 0 spiro atoms. The maximum Gasteiger partial charge on any atom is 0.577 e. The molecule has 0 aliphatic heterocycles. The maximum atomic E-state index is 13.4. The number of benzene rings is 1. The predicted molar refractivity (Wildman–Crippen MR) is 78.8 cm³/mol. The smallest absolute Gasteiger partial charge is 0.375 e. The van der Waals surface area contributed by atoms with Crippen LogP contribution in [0.4, 0.5) is 8.78 Å². The molecule has 0 aliphatic rings. The molecule has 3 nitrogen and oxygen atoms in total. The molecule has 1 unspecified atom stereocenters. The fraction of sp³-hybridized carbons (Fsp3) is 0.600.